The number of anilines is 1. The third-order valence-corrected chi connectivity index (χ3v) is 6.02. The highest BCUT2D eigenvalue weighted by Gasteiger charge is 2.14. The lowest BCUT2D eigenvalue weighted by Gasteiger charge is -2.13. The number of primary amides is 1. The summed E-state index contributed by atoms with van der Waals surface area (Å²) in [5.74, 6) is 6.41. The monoisotopic (exact) mass is 528 g/mol. The molecule has 0 aliphatic carbocycles. The number of para-hydroxylation sites is 1. The first-order chi connectivity index (χ1) is 19.5. The Hall–Kier alpha value is -5.82. The second kappa shape index (κ2) is 11.3. The van der Waals surface area contributed by atoms with Crippen LogP contribution in [-0.4, -0.2) is 34.8 Å². The number of fused-ring (bicyclic) bond motifs is 2. The summed E-state index contributed by atoms with van der Waals surface area (Å²) < 4.78 is 3.26. The Morgan fingerprint density at radius 3 is 2.52 bits per heavy atom. The smallest absolute Gasteiger partial charge is 0.267 e. The zero-order chi connectivity index (χ0) is 28.1. The van der Waals surface area contributed by atoms with E-state index in [-0.39, 0.29) is 16.9 Å². The summed E-state index contributed by atoms with van der Waals surface area (Å²) in [6.45, 7) is 2.00. The van der Waals surface area contributed by atoms with Crippen molar-refractivity contribution in [2.45, 2.75) is 13.3 Å². The number of aromatic nitrogens is 6. The molecule has 0 saturated carbocycles. The largest absolute Gasteiger partial charge is 0.383 e. The average Bonchev–Trinajstić information content (AvgIpc) is 3.45. The number of hydrogen-bond acceptors (Lipinski definition) is 7. The zero-order valence-corrected chi connectivity index (χ0v) is 21.5. The van der Waals surface area contributed by atoms with Crippen molar-refractivity contribution in [1.82, 2.24) is 28.9 Å². The highest BCUT2D eigenvalue weighted by Crippen LogP contribution is 2.17. The Morgan fingerprint density at radius 1 is 0.975 bits per heavy atom. The van der Waals surface area contributed by atoms with Crippen molar-refractivity contribution < 1.29 is 4.79 Å². The van der Waals surface area contributed by atoms with Crippen molar-refractivity contribution in [1.29, 1.82) is 0 Å². The molecule has 0 unspecified atom stereocenters. The molecule has 4 N–H and O–H groups in total. The summed E-state index contributed by atoms with van der Waals surface area (Å²) in [6.07, 6.45) is 8.75. The predicted octanol–water partition coefficient (Wildman–Crippen LogP) is 3.15. The van der Waals surface area contributed by atoms with Crippen LogP contribution < -0.4 is 17.0 Å². The van der Waals surface area contributed by atoms with E-state index in [4.69, 9.17) is 16.5 Å². The van der Waals surface area contributed by atoms with Crippen LogP contribution in [0.25, 0.3) is 22.2 Å². The van der Waals surface area contributed by atoms with Crippen LogP contribution in [-0.2, 0) is 6.42 Å². The minimum absolute atomic E-state index is 0.0980. The number of carbonyl (C=O) groups excluding carboxylic acids is 1. The van der Waals surface area contributed by atoms with Crippen molar-refractivity contribution in [2.24, 2.45) is 5.73 Å². The number of imidazole rings is 1. The SMILES string of the molecule is CCc1nc2cccc(C#Cc3cccnc3)c2c(=O)n1-c1ccccc1.NC(=O)c1c(N)ncn2ccnc12. The highest BCUT2D eigenvalue weighted by atomic mass is 16.1. The number of amides is 1. The predicted molar refractivity (Wildman–Crippen MR) is 153 cm³/mol. The van der Waals surface area contributed by atoms with Crippen LogP contribution in [0.5, 0.6) is 0 Å². The highest BCUT2D eigenvalue weighted by molar-refractivity contribution is 6.02. The number of nitrogens with two attached hydrogens (primary N) is 2. The maximum atomic E-state index is 13.4. The van der Waals surface area contributed by atoms with Gasteiger partial charge in [0.25, 0.3) is 11.5 Å². The van der Waals surface area contributed by atoms with Gasteiger partial charge < -0.3 is 11.5 Å². The van der Waals surface area contributed by atoms with Gasteiger partial charge in [0.15, 0.2) is 5.65 Å². The van der Waals surface area contributed by atoms with E-state index < -0.39 is 5.91 Å². The van der Waals surface area contributed by atoms with Crippen LogP contribution in [0.1, 0.15) is 34.2 Å². The molecule has 4 aromatic heterocycles. The summed E-state index contributed by atoms with van der Waals surface area (Å²) in [5, 5.41) is 0.537. The molecule has 6 aromatic rings. The Kier molecular flexibility index (Phi) is 7.28. The molecule has 2 aromatic carbocycles. The van der Waals surface area contributed by atoms with Crippen molar-refractivity contribution in [3.63, 3.8) is 0 Å². The van der Waals surface area contributed by atoms with Crippen molar-refractivity contribution >= 4 is 28.3 Å². The normalized spacial score (nSPS) is 10.4. The first-order valence-corrected chi connectivity index (χ1v) is 12.4. The van der Waals surface area contributed by atoms with Gasteiger partial charge in [-0.1, -0.05) is 43.0 Å². The molecule has 10 nitrogen and oxygen atoms in total. The lowest BCUT2D eigenvalue weighted by molar-refractivity contribution is 0.100. The van der Waals surface area contributed by atoms with E-state index in [0.717, 1.165) is 17.1 Å². The van der Waals surface area contributed by atoms with Gasteiger partial charge in [0.1, 0.15) is 23.5 Å². The molecule has 6 rings (SSSR count). The van der Waals surface area contributed by atoms with Gasteiger partial charge in [0.2, 0.25) is 0 Å². The van der Waals surface area contributed by atoms with E-state index in [0.29, 0.717) is 28.5 Å². The van der Waals surface area contributed by atoms with Crippen LogP contribution in [0.2, 0.25) is 0 Å². The summed E-state index contributed by atoms with van der Waals surface area (Å²) in [7, 11) is 0. The third kappa shape index (κ3) is 5.12. The molecule has 40 heavy (non-hydrogen) atoms. The fraction of sp³-hybridized carbons (Fsp3) is 0.0667. The molecule has 196 valence electrons. The fourth-order valence-corrected chi connectivity index (χ4v) is 4.18. The molecular weight excluding hydrogens is 504 g/mol. The summed E-state index contributed by atoms with van der Waals surface area (Å²) >= 11 is 0. The minimum Gasteiger partial charge on any atom is -0.383 e. The quantitative estimate of drug-likeness (QED) is 0.335. The van der Waals surface area contributed by atoms with Gasteiger partial charge in [-0.3, -0.25) is 23.5 Å². The summed E-state index contributed by atoms with van der Waals surface area (Å²) in [4.78, 5) is 40.9. The lowest BCUT2D eigenvalue weighted by atomic mass is 10.1. The molecule has 0 spiro atoms. The molecule has 0 radical (unpaired) electrons. The molecule has 10 heteroatoms. The molecule has 0 aliphatic heterocycles. The Balaban J connectivity index is 0.000000207. The number of benzene rings is 2. The standard InChI is InChI=1S/C23H17N3O.C7H7N5O/c1-2-21-25-20-12-6-9-18(14-13-17-8-7-15-24-16-17)22(20)23(27)26(21)19-10-4-3-5-11-19;8-5-4(6(9)13)7-10-1-2-12(7)3-11-5/h3-12,15-16H,2H2,1H3;1-3H,8H2,(H2,9,13). The van der Waals surface area contributed by atoms with E-state index in [1.807, 2.05) is 67.6 Å². The van der Waals surface area contributed by atoms with Crippen LogP contribution in [0.15, 0.2) is 96.6 Å². The van der Waals surface area contributed by atoms with Crippen molar-refractivity contribution in [3.05, 3.63) is 125 Å². The molecular formula is C30H24N8O2. The van der Waals surface area contributed by atoms with Crippen molar-refractivity contribution in [2.75, 3.05) is 5.73 Å². The Morgan fingerprint density at radius 2 is 1.80 bits per heavy atom. The second-order valence-corrected chi connectivity index (χ2v) is 8.58. The van der Waals surface area contributed by atoms with E-state index in [9.17, 15) is 9.59 Å². The van der Waals surface area contributed by atoms with Crippen LogP contribution >= 0.6 is 0 Å². The molecule has 0 aliphatic rings. The maximum Gasteiger partial charge on any atom is 0.267 e. The average molecular weight is 529 g/mol. The third-order valence-electron chi connectivity index (χ3n) is 6.02. The van der Waals surface area contributed by atoms with Crippen LogP contribution in [0, 0.1) is 11.8 Å². The van der Waals surface area contributed by atoms with E-state index >= 15 is 0 Å². The van der Waals surface area contributed by atoms with E-state index in [2.05, 4.69) is 26.8 Å². The second-order valence-electron chi connectivity index (χ2n) is 8.58. The topological polar surface area (TPSA) is 147 Å². The first kappa shape index (κ1) is 25.8. The molecule has 0 atom stereocenters. The van der Waals surface area contributed by atoms with Crippen molar-refractivity contribution in [3.8, 4) is 17.5 Å². The van der Waals surface area contributed by atoms with Gasteiger partial charge in [0.05, 0.1) is 16.6 Å². The Bertz CT molecular complexity index is 1950. The molecule has 4 heterocycles. The molecule has 1 amide bonds. The van der Waals surface area contributed by atoms with Gasteiger partial charge in [-0.25, -0.2) is 15.0 Å². The number of nitrogen functional groups attached to an aromatic ring is 1. The summed E-state index contributed by atoms with van der Waals surface area (Å²) in [6, 6.07) is 18.9. The first-order valence-electron chi connectivity index (χ1n) is 12.4. The molecule has 0 bridgehead atoms. The number of carbonyl (C=O) groups is 1. The Labute approximate surface area is 229 Å². The van der Waals surface area contributed by atoms with Gasteiger partial charge >= 0.3 is 0 Å². The zero-order valence-electron chi connectivity index (χ0n) is 21.5. The van der Waals surface area contributed by atoms with Crippen LogP contribution in [0.4, 0.5) is 5.82 Å². The number of rotatable bonds is 3. The van der Waals surface area contributed by atoms with Gasteiger partial charge in [-0.05, 0) is 36.4 Å². The molecule has 0 fully saturated rings. The number of pyridine rings is 1. The lowest BCUT2D eigenvalue weighted by Crippen LogP contribution is -2.24. The number of hydrogen-bond donors (Lipinski definition) is 2. The molecule has 0 saturated heterocycles. The number of nitrogens with zero attached hydrogens (tertiary/aromatic N) is 6. The van der Waals surface area contributed by atoms with Gasteiger partial charge in [-0.15, -0.1) is 0 Å². The summed E-state index contributed by atoms with van der Waals surface area (Å²) in [5.41, 5.74) is 14.0. The maximum absolute atomic E-state index is 13.4. The minimum atomic E-state index is -0.623. The number of aryl methyl sites for hydroxylation is 1. The van der Waals surface area contributed by atoms with E-state index in [1.165, 1.54) is 6.33 Å². The van der Waals surface area contributed by atoms with Gasteiger partial charge in [-0.2, -0.15) is 0 Å². The van der Waals surface area contributed by atoms with Crippen LogP contribution in [0.3, 0.4) is 0 Å². The van der Waals surface area contributed by atoms with Gasteiger partial charge in [0, 0.05) is 42.3 Å². The van der Waals surface area contributed by atoms with E-state index in [1.54, 1.807) is 33.8 Å². The fourth-order valence-electron chi connectivity index (χ4n) is 4.18.